The largest absolute Gasteiger partial charge is 0.481 e. The van der Waals surface area contributed by atoms with Gasteiger partial charge in [-0.05, 0) is 44.3 Å². The van der Waals surface area contributed by atoms with Crippen LogP contribution in [0.4, 0.5) is 0 Å². The Morgan fingerprint density at radius 1 is 1.20 bits per heavy atom. The Bertz CT molecular complexity index is 374. The Balaban J connectivity index is 1.92. The fourth-order valence-corrected chi connectivity index (χ4v) is 4.43. The van der Waals surface area contributed by atoms with E-state index in [4.69, 9.17) is 0 Å². The summed E-state index contributed by atoms with van der Waals surface area (Å²) in [6.07, 6.45) is 7.66. The number of thioether (sulfide) groups is 1. The predicted octanol–water partition coefficient (Wildman–Crippen LogP) is 2.52. The highest BCUT2D eigenvalue weighted by Gasteiger charge is 2.42. The number of carboxylic acid groups (broad SMARTS) is 1. The van der Waals surface area contributed by atoms with Crippen LogP contribution in [0.2, 0.25) is 0 Å². The van der Waals surface area contributed by atoms with Crippen molar-refractivity contribution >= 4 is 23.6 Å². The molecule has 0 aliphatic heterocycles. The van der Waals surface area contributed by atoms with Crippen molar-refractivity contribution in [1.82, 2.24) is 5.32 Å². The third-order valence-electron chi connectivity index (χ3n) is 4.96. The number of nitrogens with one attached hydrogen (secondary N) is 1. The molecule has 2 fully saturated rings. The van der Waals surface area contributed by atoms with E-state index in [1.807, 2.05) is 11.8 Å². The molecule has 2 aliphatic rings. The molecule has 0 bridgehead atoms. The van der Waals surface area contributed by atoms with Crippen LogP contribution < -0.4 is 5.32 Å². The topological polar surface area (TPSA) is 66.4 Å². The van der Waals surface area contributed by atoms with Crippen molar-refractivity contribution in [3.8, 4) is 0 Å². The second kappa shape index (κ2) is 6.83. The molecule has 2 aliphatic carbocycles. The summed E-state index contributed by atoms with van der Waals surface area (Å²) < 4.78 is 0. The quantitative estimate of drug-likeness (QED) is 0.818. The minimum atomic E-state index is -0.811. The number of rotatable bonds is 5. The van der Waals surface area contributed by atoms with Crippen molar-refractivity contribution in [3.63, 3.8) is 0 Å². The summed E-state index contributed by atoms with van der Waals surface area (Å²) in [6.45, 7) is 2.07. The summed E-state index contributed by atoms with van der Waals surface area (Å²) in [6, 6.07) is 0.245. The molecule has 114 valence electrons. The Morgan fingerprint density at radius 3 is 2.45 bits per heavy atom. The van der Waals surface area contributed by atoms with Crippen LogP contribution in [0.25, 0.3) is 0 Å². The Kier molecular flexibility index (Phi) is 5.35. The van der Waals surface area contributed by atoms with Gasteiger partial charge in [-0.25, -0.2) is 0 Å². The first-order valence-electron chi connectivity index (χ1n) is 7.61. The van der Waals surface area contributed by atoms with Crippen LogP contribution in [-0.2, 0) is 9.59 Å². The molecule has 0 spiro atoms. The smallest absolute Gasteiger partial charge is 0.307 e. The molecule has 4 nitrogen and oxygen atoms in total. The van der Waals surface area contributed by atoms with Crippen LogP contribution in [-0.4, -0.2) is 34.5 Å². The first kappa shape index (κ1) is 15.7. The molecule has 3 unspecified atom stereocenters. The number of carbonyl (C=O) groups is 2. The van der Waals surface area contributed by atoms with Gasteiger partial charge < -0.3 is 10.4 Å². The molecular weight excluding hydrogens is 274 g/mol. The molecule has 2 N–H and O–H groups in total. The Labute approximate surface area is 125 Å². The zero-order chi connectivity index (χ0) is 14.7. The van der Waals surface area contributed by atoms with Crippen molar-refractivity contribution in [3.05, 3.63) is 0 Å². The van der Waals surface area contributed by atoms with Gasteiger partial charge in [0.25, 0.3) is 0 Å². The highest BCUT2D eigenvalue weighted by molar-refractivity contribution is 7.99. The van der Waals surface area contributed by atoms with Gasteiger partial charge in [0, 0.05) is 11.3 Å². The standard InChI is InChI=1S/C15H25NO3S/c1-3-9-6-12(13(7-9)15(18)19)14(17)16-10-4-5-11(8-10)20-2/h9-13H,3-8H2,1-2H3,(H,16,17)(H,18,19)/t9?,10?,11?,12-,13+/m0/s1. The second-order valence-electron chi connectivity index (χ2n) is 6.17. The summed E-state index contributed by atoms with van der Waals surface area (Å²) in [4.78, 5) is 23.7. The van der Waals surface area contributed by atoms with Crippen LogP contribution in [0.1, 0.15) is 45.4 Å². The number of hydrogen-bond acceptors (Lipinski definition) is 3. The van der Waals surface area contributed by atoms with Crippen LogP contribution in [0.3, 0.4) is 0 Å². The van der Waals surface area contributed by atoms with Crippen LogP contribution in [0.5, 0.6) is 0 Å². The molecule has 0 aromatic heterocycles. The van der Waals surface area contributed by atoms with E-state index >= 15 is 0 Å². The molecule has 0 heterocycles. The lowest BCUT2D eigenvalue weighted by Crippen LogP contribution is -2.40. The lowest BCUT2D eigenvalue weighted by atomic mass is 9.95. The number of carbonyl (C=O) groups excluding carboxylic acids is 1. The zero-order valence-corrected chi connectivity index (χ0v) is 13.1. The highest BCUT2D eigenvalue weighted by Crippen LogP contribution is 2.39. The highest BCUT2D eigenvalue weighted by atomic mass is 32.2. The van der Waals surface area contributed by atoms with E-state index in [1.54, 1.807) is 0 Å². The summed E-state index contributed by atoms with van der Waals surface area (Å²) in [5, 5.41) is 13.0. The van der Waals surface area contributed by atoms with E-state index < -0.39 is 11.9 Å². The minimum absolute atomic E-state index is 0.0277. The van der Waals surface area contributed by atoms with Crippen molar-refractivity contribution in [2.24, 2.45) is 17.8 Å². The van der Waals surface area contributed by atoms with Gasteiger partial charge in [-0.2, -0.15) is 11.8 Å². The molecule has 20 heavy (non-hydrogen) atoms. The van der Waals surface area contributed by atoms with E-state index in [2.05, 4.69) is 18.5 Å². The average Bonchev–Trinajstić information content (AvgIpc) is 3.04. The van der Waals surface area contributed by atoms with Gasteiger partial charge in [0.05, 0.1) is 11.8 Å². The van der Waals surface area contributed by atoms with E-state index in [0.717, 1.165) is 32.1 Å². The van der Waals surface area contributed by atoms with E-state index in [1.165, 1.54) is 0 Å². The molecular formula is C15H25NO3S. The molecule has 0 aromatic carbocycles. The van der Waals surface area contributed by atoms with Gasteiger partial charge in [-0.3, -0.25) is 9.59 Å². The maximum Gasteiger partial charge on any atom is 0.307 e. The normalized spacial score (nSPS) is 37.0. The molecule has 2 saturated carbocycles. The van der Waals surface area contributed by atoms with Gasteiger partial charge in [-0.15, -0.1) is 0 Å². The lowest BCUT2D eigenvalue weighted by Gasteiger charge is -2.19. The van der Waals surface area contributed by atoms with Crippen molar-refractivity contribution in [2.75, 3.05) is 6.26 Å². The number of aliphatic carboxylic acids is 1. The fraction of sp³-hybridized carbons (Fsp3) is 0.867. The zero-order valence-electron chi connectivity index (χ0n) is 12.3. The maximum atomic E-state index is 12.4. The number of amides is 1. The van der Waals surface area contributed by atoms with Crippen molar-refractivity contribution in [1.29, 1.82) is 0 Å². The monoisotopic (exact) mass is 299 g/mol. The second-order valence-corrected chi connectivity index (χ2v) is 7.31. The van der Waals surface area contributed by atoms with E-state index in [-0.39, 0.29) is 17.9 Å². The number of hydrogen-bond donors (Lipinski definition) is 2. The van der Waals surface area contributed by atoms with Crippen LogP contribution in [0.15, 0.2) is 0 Å². The Morgan fingerprint density at radius 2 is 1.90 bits per heavy atom. The first-order valence-corrected chi connectivity index (χ1v) is 8.89. The van der Waals surface area contributed by atoms with E-state index in [9.17, 15) is 14.7 Å². The lowest BCUT2D eigenvalue weighted by molar-refractivity contribution is -0.146. The van der Waals surface area contributed by atoms with Crippen molar-refractivity contribution < 1.29 is 14.7 Å². The summed E-state index contributed by atoms with van der Waals surface area (Å²) >= 11 is 1.86. The molecule has 5 heteroatoms. The molecule has 1 amide bonds. The minimum Gasteiger partial charge on any atom is -0.481 e. The van der Waals surface area contributed by atoms with Gasteiger partial charge in [0.1, 0.15) is 0 Å². The molecule has 0 aromatic rings. The van der Waals surface area contributed by atoms with E-state index in [0.29, 0.717) is 17.6 Å². The third kappa shape index (κ3) is 3.48. The molecule has 5 atom stereocenters. The summed E-state index contributed by atoms with van der Waals surface area (Å²) in [5.41, 5.74) is 0. The van der Waals surface area contributed by atoms with Gasteiger partial charge >= 0.3 is 5.97 Å². The summed E-state index contributed by atoms with van der Waals surface area (Å²) in [7, 11) is 0. The van der Waals surface area contributed by atoms with Crippen LogP contribution in [0, 0.1) is 17.8 Å². The molecule has 0 saturated heterocycles. The fourth-order valence-electron chi connectivity index (χ4n) is 3.63. The van der Waals surface area contributed by atoms with Gasteiger partial charge in [0.2, 0.25) is 5.91 Å². The van der Waals surface area contributed by atoms with Gasteiger partial charge in [0.15, 0.2) is 0 Å². The SMILES string of the molecule is CCC1C[C@H](C(=O)NC2CCC(SC)C2)[C@H](C(=O)O)C1. The predicted molar refractivity (Wildman–Crippen MR) is 80.7 cm³/mol. The van der Waals surface area contributed by atoms with Crippen molar-refractivity contribution in [2.45, 2.75) is 56.7 Å². The maximum absolute atomic E-state index is 12.4. The third-order valence-corrected chi connectivity index (χ3v) is 6.05. The summed E-state index contributed by atoms with van der Waals surface area (Å²) in [5.74, 6) is -1.27. The molecule has 2 rings (SSSR count). The average molecular weight is 299 g/mol. The number of carboxylic acids is 1. The Hall–Kier alpha value is -0.710. The molecule has 0 radical (unpaired) electrons. The van der Waals surface area contributed by atoms with Gasteiger partial charge in [-0.1, -0.05) is 13.3 Å². The van der Waals surface area contributed by atoms with Crippen LogP contribution >= 0.6 is 11.8 Å². The first-order chi connectivity index (χ1) is 9.55.